The lowest BCUT2D eigenvalue weighted by Gasteiger charge is -2.24. The first-order valence-corrected chi connectivity index (χ1v) is 4.23. The zero-order valence-corrected chi connectivity index (χ0v) is 7.86. The van der Waals surface area contributed by atoms with Crippen molar-refractivity contribution in [2.45, 2.75) is 0 Å². The lowest BCUT2D eigenvalue weighted by Crippen LogP contribution is -2.36. The van der Waals surface area contributed by atoms with E-state index in [1.807, 2.05) is 23.9 Å². The Morgan fingerprint density at radius 1 is 1.54 bits per heavy atom. The first kappa shape index (κ1) is 8.10. The fraction of sp³-hybridized carbons (Fsp3) is 0.500. The SMILES string of the molecule is CN(C)C1=C(N)C2=NCCN2C=N1. The molecule has 5 heteroatoms. The van der Waals surface area contributed by atoms with Crippen molar-refractivity contribution in [1.29, 1.82) is 0 Å². The quantitative estimate of drug-likeness (QED) is 0.586. The summed E-state index contributed by atoms with van der Waals surface area (Å²) in [6.07, 6.45) is 1.79. The van der Waals surface area contributed by atoms with E-state index in [1.165, 1.54) is 0 Å². The molecule has 0 radical (unpaired) electrons. The van der Waals surface area contributed by atoms with Gasteiger partial charge in [-0.3, -0.25) is 4.99 Å². The van der Waals surface area contributed by atoms with Gasteiger partial charge < -0.3 is 15.5 Å². The highest BCUT2D eigenvalue weighted by Crippen LogP contribution is 2.15. The second kappa shape index (κ2) is 2.76. The van der Waals surface area contributed by atoms with Crippen LogP contribution in [0.25, 0.3) is 0 Å². The van der Waals surface area contributed by atoms with Gasteiger partial charge in [0.05, 0.1) is 12.9 Å². The predicted octanol–water partition coefficient (Wildman–Crippen LogP) is -0.568. The van der Waals surface area contributed by atoms with E-state index in [1.54, 1.807) is 6.34 Å². The standard InChI is InChI=1S/C8H13N5/c1-12(2)7-6(9)8-10-3-4-13(8)5-11-7/h5H,3-4,9H2,1-2H3. The highest BCUT2D eigenvalue weighted by atomic mass is 15.3. The van der Waals surface area contributed by atoms with Crippen molar-refractivity contribution in [2.24, 2.45) is 15.7 Å². The Morgan fingerprint density at radius 2 is 2.31 bits per heavy atom. The molecular weight excluding hydrogens is 166 g/mol. The van der Waals surface area contributed by atoms with Crippen LogP contribution in [0.4, 0.5) is 0 Å². The minimum absolute atomic E-state index is 0.671. The van der Waals surface area contributed by atoms with Crippen LogP contribution in [-0.4, -0.2) is 49.2 Å². The molecule has 0 aromatic carbocycles. The summed E-state index contributed by atoms with van der Waals surface area (Å²) in [5, 5.41) is 0. The molecule has 0 aliphatic carbocycles. The van der Waals surface area contributed by atoms with Crippen molar-refractivity contribution in [2.75, 3.05) is 27.2 Å². The summed E-state index contributed by atoms with van der Waals surface area (Å²) in [5.41, 5.74) is 6.59. The number of aliphatic imine (C=N–C) groups is 2. The topological polar surface area (TPSA) is 57.2 Å². The van der Waals surface area contributed by atoms with Gasteiger partial charge in [-0.25, -0.2) is 4.99 Å². The molecule has 0 aromatic rings. The molecule has 0 fully saturated rings. The molecule has 2 N–H and O–H groups in total. The number of amidine groups is 1. The van der Waals surface area contributed by atoms with Gasteiger partial charge in [-0.1, -0.05) is 0 Å². The van der Waals surface area contributed by atoms with Crippen LogP contribution < -0.4 is 5.73 Å². The Labute approximate surface area is 77.2 Å². The lowest BCUT2D eigenvalue weighted by atomic mass is 10.3. The maximum absolute atomic E-state index is 5.92. The molecule has 13 heavy (non-hydrogen) atoms. The van der Waals surface area contributed by atoms with Gasteiger partial charge in [-0.15, -0.1) is 0 Å². The second-order valence-electron chi connectivity index (χ2n) is 3.28. The average molecular weight is 179 g/mol. The first-order chi connectivity index (χ1) is 6.20. The first-order valence-electron chi connectivity index (χ1n) is 4.23. The number of hydrogen-bond acceptors (Lipinski definition) is 5. The Morgan fingerprint density at radius 3 is 3.00 bits per heavy atom. The van der Waals surface area contributed by atoms with Crippen molar-refractivity contribution in [3.05, 3.63) is 11.5 Å². The van der Waals surface area contributed by atoms with E-state index >= 15 is 0 Å². The third kappa shape index (κ3) is 1.16. The number of fused-ring (bicyclic) bond motifs is 1. The molecule has 2 heterocycles. The normalized spacial score (nSPS) is 20.5. The van der Waals surface area contributed by atoms with Crippen LogP contribution in [0.3, 0.4) is 0 Å². The smallest absolute Gasteiger partial charge is 0.156 e. The molecule has 0 saturated carbocycles. The molecule has 0 atom stereocenters. The van der Waals surface area contributed by atoms with Crippen molar-refractivity contribution in [1.82, 2.24) is 9.80 Å². The van der Waals surface area contributed by atoms with Gasteiger partial charge in [-0.05, 0) is 0 Å². The molecule has 2 aliphatic heterocycles. The molecular formula is C8H13N5. The summed E-state index contributed by atoms with van der Waals surface area (Å²) in [7, 11) is 3.84. The molecule has 0 unspecified atom stereocenters. The highest BCUT2D eigenvalue weighted by Gasteiger charge is 2.24. The maximum Gasteiger partial charge on any atom is 0.156 e. The van der Waals surface area contributed by atoms with Gasteiger partial charge in [0.1, 0.15) is 5.70 Å². The van der Waals surface area contributed by atoms with Gasteiger partial charge in [0, 0.05) is 20.6 Å². The van der Waals surface area contributed by atoms with Crippen LogP contribution >= 0.6 is 0 Å². The van der Waals surface area contributed by atoms with Crippen LogP contribution in [0.2, 0.25) is 0 Å². The molecule has 2 rings (SSSR count). The van der Waals surface area contributed by atoms with E-state index in [9.17, 15) is 0 Å². The van der Waals surface area contributed by atoms with Gasteiger partial charge in [0.25, 0.3) is 0 Å². The zero-order valence-electron chi connectivity index (χ0n) is 7.86. The summed E-state index contributed by atoms with van der Waals surface area (Å²) in [6, 6.07) is 0. The largest absolute Gasteiger partial charge is 0.393 e. The Balaban J connectivity index is 2.39. The fourth-order valence-electron chi connectivity index (χ4n) is 1.46. The molecule has 2 aliphatic rings. The van der Waals surface area contributed by atoms with E-state index in [4.69, 9.17) is 5.73 Å². The van der Waals surface area contributed by atoms with Crippen LogP contribution in [-0.2, 0) is 0 Å². The van der Waals surface area contributed by atoms with Crippen molar-refractivity contribution >= 4 is 12.2 Å². The van der Waals surface area contributed by atoms with Gasteiger partial charge in [0.2, 0.25) is 0 Å². The molecule has 0 spiro atoms. The minimum atomic E-state index is 0.671. The summed E-state index contributed by atoms with van der Waals surface area (Å²) in [6.45, 7) is 1.70. The van der Waals surface area contributed by atoms with E-state index in [0.717, 1.165) is 24.7 Å². The monoisotopic (exact) mass is 179 g/mol. The highest BCUT2D eigenvalue weighted by molar-refractivity contribution is 6.06. The number of nitrogens with zero attached hydrogens (tertiary/aromatic N) is 4. The zero-order chi connectivity index (χ0) is 9.42. The molecule has 0 amide bonds. The molecule has 70 valence electrons. The fourth-order valence-corrected chi connectivity index (χ4v) is 1.46. The Kier molecular flexibility index (Phi) is 1.72. The molecule has 5 nitrogen and oxygen atoms in total. The van der Waals surface area contributed by atoms with E-state index in [2.05, 4.69) is 9.98 Å². The Hall–Kier alpha value is -1.52. The van der Waals surface area contributed by atoms with Crippen LogP contribution in [0.15, 0.2) is 21.5 Å². The third-order valence-electron chi connectivity index (χ3n) is 2.10. The summed E-state index contributed by atoms with van der Waals surface area (Å²) < 4.78 is 0. The van der Waals surface area contributed by atoms with Gasteiger partial charge in [-0.2, -0.15) is 0 Å². The van der Waals surface area contributed by atoms with Crippen LogP contribution in [0, 0.1) is 0 Å². The Bertz CT molecular complexity index is 312. The predicted molar refractivity (Wildman–Crippen MR) is 52.4 cm³/mol. The molecule has 0 aromatic heterocycles. The summed E-state index contributed by atoms with van der Waals surface area (Å²) in [5.74, 6) is 1.65. The van der Waals surface area contributed by atoms with Crippen molar-refractivity contribution < 1.29 is 0 Å². The van der Waals surface area contributed by atoms with E-state index in [0.29, 0.717) is 5.70 Å². The molecule has 0 saturated heterocycles. The van der Waals surface area contributed by atoms with Crippen molar-refractivity contribution in [3.63, 3.8) is 0 Å². The number of hydrogen-bond donors (Lipinski definition) is 1. The number of nitrogens with two attached hydrogens (primary N) is 1. The van der Waals surface area contributed by atoms with Crippen molar-refractivity contribution in [3.8, 4) is 0 Å². The molecule has 0 bridgehead atoms. The average Bonchev–Trinajstić information content (AvgIpc) is 2.52. The van der Waals surface area contributed by atoms with Crippen LogP contribution in [0.1, 0.15) is 0 Å². The minimum Gasteiger partial charge on any atom is -0.393 e. The summed E-state index contributed by atoms with van der Waals surface area (Å²) >= 11 is 0. The van der Waals surface area contributed by atoms with E-state index in [-0.39, 0.29) is 0 Å². The van der Waals surface area contributed by atoms with Gasteiger partial charge in [0.15, 0.2) is 11.7 Å². The lowest BCUT2D eigenvalue weighted by molar-refractivity contribution is 0.494. The van der Waals surface area contributed by atoms with E-state index < -0.39 is 0 Å². The maximum atomic E-state index is 5.92. The van der Waals surface area contributed by atoms with Gasteiger partial charge >= 0.3 is 0 Å². The third-order valence-corrected chi connectivity index (χ3v) is 2.10. The summed E-state index contributed by atoms with van der Waals surface area (Å²) in [4.78, 5) is 12.4. The second-order valence-corrected chi connectivity index (χ2v) is 3.28. The number of rotatable bonds is 1. The van der Waals surface area contributed by atoms with Crippen LogP contribution in [0.5, 0.6) is 0 Å².